The first-order chi connectivity index (χ1) is 29.0. The fourth-order valence-corrected chi connectivity index (χ4v) is 12.6. The molecule has 7 rings (SSSR count). The number of likely N-dealkylation sites (tertiary alicyclic amines) is 1. The Balaban J connectivity index is 0.00000307. The number of dihydropyridines is 1. The quantitative estimate of drug-likeness (QED) is 0.0342. The van der Waals surface area contributed by atoms with Crippen molar-refractivity contribution in [2.75, 3.05) is 33.4 Å². The van der Waals surface area contributed by atoms with Gasteiger partial charge in [-0.1, -0.05) is 51.2 Å². The van der Waals surface area contributed by atoms with Crippen LogP contribution >= 0.6 is 11.3 Å². The Hall–Kier alpha value is -4.34. The van der Waals surface area contributed by atoms with Gasteiger partial charge in [-0.25, -0.2) is 9.98 Å². The molecule has 2 aromatic heterocycles. The molecule has 0 amide bonds. The molecule has 0 radical (unpaired) electrons. The highest BCUT2D eigenvalue weighted by molar-refractivity contribution is 7.22. The van der Waals surface area contributed by atoms with Gasteiger partial charge in [-0.05, 0) is 143 Å². The molecule has 2 saturated carbocycles. The summed E-state index contributed by atoms with van der Waals surface area (Å²) in [5, 5.41) is 58.4. The van der Waals surface area contributed by atoms with Gasteiger partial charge < -0.3 is 41.7 Å². The lowest BCUT2D eigenvalue weighted by atomic mass is 9.43. The maximum Gasteiger partial charge on any atom is 0.212 e. The number of nitrogens with zero attached hydrogens (tertiary/aromatic N) is 5. The Morgan fingerprint density at radius 2 is 1.77 bits per heavy atom. The summed E-state index contributed by atoms with van der Waals surface area (Å²) in [6, 6.07) is 7.93. The molecule has 332 valence electrons. The highest BCUT2D eigenvalue weighted by Gasteiger charge is 2.57. The molecule has 1 atom stereocenters. The predicted molar refractivity (Wildman–Crippen MR) is 248 cm³/mol. The van der Waals surface area contributed by atoms with Crippen LogP contribution in [0.4, 0.5) is 5.13 Å². The van der Waals surface area contributed by atoms with Crippen LogP contribution in [0.1, 0.15) is 110 Å². The highest BCUT2D eigenvalue weighted by atomic mass is 32.1. The molecule has 61 heavy (non-hydrogen) atoms. The zero-order valence-electron chi connectivity index (χ0n) is 37.3. The summed E-state index contributed by atoms with van der Waals surface area (Å²) in [7, 11) is 1.00. The van der Waals surface area contributed by atoms with Crippen molar-refractivity contribution in [1.82, 2.24) is 30.3 Å². The van der Waals surface area contributed by atoms with Crippen molar-refractivity contribution in [1.29, 1.82) is 5.41 Å². The number of piperidine rings is 1. The first-order valence-corrected chi connectivity index (χ1v) is 22.6. The van der Waals surface area contributed by atoms with E-state index in [2.05, 4.69) is 59.9 Å². The fourth-order valence-electron chi connectivity index (χ4n) is 11.7. The summed E-state index contributed by atoms with van der Waals surface area (Å²) in [6.45, 7) is 16.9. The van der Waals surface area contributed by atoms with E-state index in [0.29, 0.717) is 42.0 Å². The second-order valence-corrected chi connectivity index (χ2v) is 20.5. The van der Waals surface area contributed by atoms with Gasteiger partial charge in [0.25, 0.3) is 0 Å². The molecule has 2 bridgehead atoms. The van der Waals surface area contributed by atoms with E-state index in [4.69, 9.17) is 21.0 Å². The van der Waals surface area contributed by atoms with Crippen molar-refractivity contribution in [2.24, 2.45) is 32.4 Å². The van der Waals surface area contributed by atoms with Gasteiger partial charge >= 0.3 is 0 Å². The standard InChI is InChI=1S/C46H65N9O3S.CH4O/c1-30(40(47)53-42-52-36-12-7-8-13-38(36)59-42)33-11-9-20-54(41(33)48)39-15-14-34(37(23-57)51-39)35-21-50-55(31(35)2)29-46-26-43(3,4)24-45(28-46,25-44(5,6)27-46)17-10-18-49-19-16-32(58)22-56;1-2/h7-8,12-15,21,23,32,48-49,51,56-58H,9-11,16-20,22,24-29H2,1-6H3,(H2,47,52,53);2H,1H3/b33-30-,37-23+,48-41?;. The summed E-state index contributed by atoms with van der Waals surface area (Å²) in [6.07, 6.45) is 16.8. The SMILES string of the molecule is CC(=C1\CCCN(C2=CC=C(c3cnn(CC45CC(C)(C)CC(CCCNCCC(O)CO)(CC(C)(C)C4)C5)c3C)/C(=C\O)N2)C1=N)/C(N)=N\c1nc2ccccc2s1.CO. The third kappa shape index (κ3) is 10.5. The smallest absolute Gasteiger partial charge is 0.212 e. The molecular formula is C47H69N9O4S. The zero-order chi connectivity index (χ0) is 44.2. The summed E-state index contributed by atoms with van der Waals surface area (Å²) in [4.78, 5) is 11.2. The zero-order valence-corrected chi connectivity index (χ0v) is 38.1. The monoisotopic (exact) mass is 856 g/mol. The number of aromatic nitrogens is 3. The molecule has 4 heterocycles. The van der Waals surface area contributed by atoms with Crippen LogP contribution in [0.5, 0.6) is 0 Å². The van der Waals surface area contributed by atoms with E-state index in [-0.39, 0.29) is 28.3 Å². The Morgan fingerprint density at radius 1 is 1.07 bits per heavy atom. The van der Waals surface area contributed by atoms with Gasteiger partial charge in [0.1, 0.15) is 23.8 Å². The maximum atomic E-state index is 10.6. The van der Waals surface area contributed by atoms with Crippen LogP contribution in [0.2, 0.25) is 0 Å². The van der Waals surface area contributed by atoms with Crippen molar-refractivity contribution in [3.8, 4) is 0 Å². The van der Waals surface area contributed by atoms with Gasteiger partial charge in [-0.15, -0.1) is 0 Å². The lowest BCUT2D eigenvalue weighted by molar-refractivity contribution is -0.122. The Morgan fingerprint density at radius 3 is 2.46 bits per heavy atom. The first-order valence-electron chi connectivity index (χ1n) is 21.8. The maximum absolute atomic E-state index is 10.6. The molecule has 3 fully saturated rings. The molecule has 0 spiro atoms. The molecule has 9 N–H and O–H groups in total. The number of thiazole rings is 1. The van der Waals surface area contributed by atoms with Crippen LogP contribution < -0.4 is 16.4 Å². The van der Waals surface area contributed by atoms with E-state index in [9.17, 15) is 15.6 Å². The van der Waals surface area contributed by atoms with Gasteiger partial charge in [0.2, 0.25) is 5.13 Å². The van der Waals surface area contributed by atoms with Crippen molar-refractivity contribution in [3.05, 3.63) is 82.8 Å². The number of aliphatic hydroxyl groups is 4. The number of amidine groups is 2. The van der Waals surface area contributed by atoms with Gasteiger partial charge in [0.05, 0.1) is 34.8 Å². The minimum absolute atomic E-state index is 0.110. The predicted octanol–water partition coefficient (Wildman–Crippen LogP) is 7.83. The van der Waals surface area contributed by atoms with E-state index in [0.717, 1.165) is 103 Å². The molecule has 13 nitrogen and oxygen atoms in total. The second kappa shape index (κ2) is 19.0. The molecule has 2 aliphatic carbocycles. The summed E-state index contributed by atoms with van der Waals surface area (Å²) >= 11 is 1.49. The van der Waals surface area contributed by atoms with Crippen molar-refractivity contribution < 1.29 is 20.4 Å². The number of rotatable bonds is 14. The van der Waals surface area contributed by atoms with E-state index in [1.54, 1.807) is 0 Å². The lowest BCUT2D eigenvalue weighted by Gasteiger charge is -2.62. The molecular weight excluding hydrogens is 787 g/mol. The fraction of sp³-hybridized carbons (Fsp3) is 0.574. The van der Waals surface area contributed by atoms with Crippen LogP contribution in [-0.4, -0.2) is 91.2 Å². The Bertz CT molecular complexity index is 2160. The van der Waals surface area contributed by atoms with Crippen LogP contribution in [-0.2, 0) is 6.54 Å². The number of para-hydroxylation sites is 1. The Labute approximate surface area is 365 Å². The molecule has 1 saturated heterocycles. The number of hydrogen-bond donors (Lipinski definition) is 8. The number of benzene rings is 1. The van der Waals surface area contributed by atoms with Gasteiger partial charge in [-0.3, -0.25) is 10.1 Å². The average Bonchev–Trinajstić information content (AvgIpc) is 3.79. The van der Waals surface area contributed by atoms with Crippen LogP contribution in [0, 0.1) is 34.0 Å². The van der Waals surface area contributed by atoms with E-state index in [1.807, 2.05) is 54.4 Å². The normalized spacial score (nSPS) is 25.7. The number of hydrogen-bond acceptors (Lipinski definition) is 11. The molecule has 1 aromatic carbocycles. The van der Waals surface area contributed by atoms with Crippen LogP contribution in [0.15, 0.2) is 76.5 Å². The second-order valence-electron chi connectivity index (χ2n) is 19.5. The molecule has 4 aliphatic rings. The van der Waals surface area contributed by atoms with Crippen molar-refractivity contribution >= 4 is 43.9 Å². The van der Waals surface area contributed by atoms with Gasteiger partial charge in [0, 0.05) is 42.6 Å². The average molecular weight is 856 g/mol. The number of allylic oxidation sites excluding steroid dienone is 3. The van der Waals surface area contributed by atoms with Gasteiger partial charge in [0.15, 0.2) is 0 Å². The Kier molecular flexibility index (Phi) is 14.3. The number of nitrogens with two attached hydrogens (primary N) is 1. The molecule has 3 aromatic rings. The largest absolute Gasteiger partial charge is 0.513 e. The third-order valence-corrected chi connectivity index (χ3v) is 14.0. The van der Waals surface area contributed by atoms with E-state index < -0.39 is 6.10 Å². The van der Waals surface area contributed by atoms with Crippen LogP contribution in [0.3, 0.4) is 0 Å². The highest BCUT2D eigenvalue weighted by Crippen LogP contribution is 2.67. The lowest BCUT2D eigenvalue weighted by Crippen LogP contribution is -2.53. The summed E-state index contributed by atoms with van der Waals surface area (Å²) in [5.74, 6) is 1.45. The number of fused-ring (bicyclic) bond motifs is 3. The first kappa shape index (κ1) is 46.2. The number of aliphatic hydroxyl groups excluding tert-OH is 4. The summed E-state index contributed by atoms with van der Waals surface area (Å²) < 4.78 is 3.27. The van der Waals surface area contributed by atoms with Crippen molar-refractivity contribution in [3.63, 3.8) is 0 Å². The van der Waals surface area contributed by atoms with E-state index >= 15 is 0 Å². The molecule has 2 aliphatic heterocycles. The molecule has 1 unspecified atom stereocenters. The number of aliphatic imine (C=N–C) groups is 1. The molecule has 14 heteroatoms. The van der Waals surface area contributed by atoms with Gasteiger partial charge in [-0.2, -0.15) is 5.10 Å². The third-order valence-electron chi connectivity index (χ3n) is 13.0. The van der Waals surface area contributed by atoms with Crippen molar-refractivity contribution in [2.45, 2.75) is 118 Å². The summed E-state index contributed by atoms with van der Waals surface area (Å²) in [5.41, 5.74) is 13.3. The van der Waals surface area contributed by atoms with Crippen LogP contribution in [0.25, 0.3) is 15.8 Å². The van der Waals surface area contributed by atoms with E-state index in [1.165, 1.54) is 37.0 Å². The topological polar surface area (TPSA) is 201 Å². The minimum Gasteiger partial charge on any atom is -0.513 e. The minimum atomic E-state index is -0.655. The number of nitrogens with one attached hydrogen (secondary N) is 3.